The standard InChI is InChI=1S/C19H20N4O2S/c24-17-19(9-10-26-12-19)20-18(25)22(17)11-15-14-7-4-8-16(14)23(21-15)13-5-2-1-3-6-13/h1-3,5-6H,4,7-12H2,(H,20,25). The summed E-state index contributed by atoms with van der Waals surface area (Å²) in [4.78, 5) is 26.8. The maximum Gasteiger partial charge on any atom is 0.325 e. The summed E-state index contributed by atoms with van der Waals surface area (Å²) in [5, 5.41) is 7.72. The molecular weight excluding hydrogens is 348 g/mol. The molecule has 1 atom stereocenters. The molecule has 134 valence electrons. The molecule has 2 saturated heterocycles. The number of nitrogens with zero attached hydrogens (tertiary/aromatic N) is 3. The van der Waals surface area contributed by atoms with E-state index >= 15 is 0 Å². The number of hydrogen-bond acceptors (Lipinski definition) is 4. The summed E-state index contributed by atoms with van der Waals surface area (Å²) in [5.41, 5.74) is 3.61. The molecule has 2 fully saturated rings. The van der Waals surface area contributed by atoms with E-state index in [0.717, 1.165) is 42.8 Å². The lowest BCUT2D eigenvalue weighted by molar-refractivity contribution is -0.130. The average molecular weight is 368 g/mol. The highest BCUT2D eigenvalue weighted by Gasteiger charge is 2.53. The summed E-state index contributed by atoms with van der Waals surface area (Å²) in [6.07, 6.45) is 3.75. The highest BCUT2D eigenvalue weighted by Crippen LogP contribution is 2.35. The fourth-order valence-corrected chi connectivity index (χ4v) is 5.55. The Kier molecular flexibility index (Phi) is 3.60. The van der Waals surface area contributed by atoms with E-state index in [4.69, 9.17) is 5.10 Å². The van der Waals surface area contributed by atoms with E-state index in [1.54, 1.807) is 11.8 Å². The van der Waals surface area contributed by atoms with E-state index in [9.17, 15) is 9.59 Å². The first kappa shape index (κ1) is 15.9. The van der Waals surface area contributed by atoms with Crippen LogP contribution >= 0.6 is 11.8 Å². The van der Waals surface area contributed by atoms with Crippen LogP contribution in [-0.2, 0) is 24.2 Å². The van der Waals surface area contributed by atoms with Crippen LogP contribution in [0.4, 0.5) is 4.79 Å². The van der Waals surface area contributed by atoms with Crippen LogP contribution in [0.3, 0.4) is 0 Å². The van der Waals surface area contributed by atoms with Crippen molar-refractivity contribution < 1.29 is 9.59 Å². The van der Waals surface area contributed by atoms with Crippen LogP contribution in [0, 0.1) is 0 Å². The second kappa shape index (κ2) is 5.87. The number of aromatic nitrogens is 2. The number of rotatable bonds is 3. The fourth-order valence-electron chi connectivity index (χ4n) is 4.23. The molecule has 1 aromatic heterocycles. The molecule has 6 nitrogen and oxygen atoms in total. The van der Waals surface area contributed by atoms with Crippen molar-refractivity contribution in [3.63, 3.8) is 0 Å². The monoisotopic (exact) mass is 368 g/mol. The van der Waals surface area contributed by atoms with Crippen molar-refractivity contribution in [3.05, 3.63) is 47.3 Å². The molecule has 1 spiro atoms. The van der Waals surface area contributed by atoms with Gasteiger partial charge in [0.15, 0.2) is 0 Å². The lowest BCUT2D eigenvalue weighted by Crippen LogP contribution is -2.46. The SMILES string of the molecule is O=C1NC2(CCSC2)C(=O)N1Cc1nn(-c2ccccc2)c2c1CCC2. The molecule has 26 heavy (non-hydrogen) atoms. The Hall–Kier alpha value is -2.28. The number of hydrogen-bond donors (Lipinski definition) is 1. The van der Waals surface area contributed by atoms with Gasteiger partial charge in [0.1, 0.15) is 5.54 Å². The van der Waals surface area contributed by atoms with E-state index in [0.29, 0.717) is 5.75 Å². The molecular formula is C19H20N4O2S. The molecule has 0 saturated carbocycles. The van der Waals surface area contributed by atoms with Crippen LogP contribution < -0.4 is 5.32 Å². The number of carbonyl (C=O) groups is 2. The number of nitrogens with one attached hydrogen (secondary N) is 1. The molecule has 5 rings (SSSR count). The molecule has 2 aliphatic heterocycles. The van der Waals surface area contributed by atoms with Crippen molar-refractivity contribution in [2.24, 2.45) is 0 Å². The minimum Gasteiger partial charge on any atom is -0.322 e. The topological polar surface area (TPSA) is 67.2 Å². The van der Waals surface area contributed by atoms with Crippen LogP contribution in [0.15, 0.2) is 30.3 Å². The van der Waals surface area contributed by atoms with Gasteiger partial charge >= 0.3 is 6.03 Å². The second-order valence-corrected chi connectivity index (χ2v) is 8.28. The average Bonchev–Trinajstić information content (AvgIpc) is 3.40. The summed E-state index contributed by atoms with van der Waals surface area (Å²) in [5.74, 6) is 1.50. The van der Waals surface area contributed by atoms with Gasteiger partial charge in [0.05, 0.1) is 17.9 Å². The fraction of sp³-hybridized carbons (Fsp3) is 0.421. The largest absolute Gasteiger partial charge is 0.325 e. The molecule has 1 unspecified atom stereocenters. The van der Waals surface area contributed by atoms with Crippen LogP contribution in [0.25, 0.3) is 5.69 Å². The van der Waals surface area contributed by atoms with Crippen LogP contribution in [0.2, 0.25) is 0 Å². The molecule has 1 N–H and O–H groups in total. The number of thioether (sulfide) groups is 1. The molecule has 3 heterocycles. The lowest BCUT2D eigenvalue weighted by atomic mass is 9.99. The predicted molar refractivity (Wildman–Crippen MR) is 99.3 cm³/mol. The van der Waals surface area contributed by atoms with E-state index in [1.807, 2.05) is 35.0 Å². The van der Waals surface area contributed by atoms with Gasteiger partial charge in [-0.1, -0.05) is 18.2 Å². The Labute approximate surface area is 155 Å². The Morgan fingerprint density at radius 1 is 1.19 bits per heavy atom. The van der Waals surface area contributed by atoms with Crippen LogP contribution in [0.1, 0.15) is 29.8 Å². The second-order valence-electron chi connectivity index (χ2n) is 7.18. The van der Waals surface area contributed by atoms with Gasteiger partial charge in [-0.05, 0) is 49.1 Å². The number of amides is 3. The number of para-hydroxylation sites is 1. The number of benzene rings is 1. The number of fused-ring (bicyclic) bond motifs is 1. The smallest absolute Gasteiger partial charge is 0.322 e. The molecule has 2 aromatic rings. The predicted octanol–water partition coefficient (Wildman–Crippen LogP) is 2.29. The van der Waals surface area contributed by atoms with Gasteiger partial charge in [0.2, 0.25) is 0 Å². The van der Waals surface area contributed by atoms with Crippen molar-refractivity contribution in [2.45, 2.75) is 37.8 Å². The quantitative estimate of drug-likeness (QED) is 0.844. The van der Waals surface area contributed by atoms with Crippen molar-refractivity contribution >= 4 is 23.7 Å². The summed E-state index contributed by atoms with van der Waals surface area (Å²) >= 11 is 1.72. The Morgan fingerprint density at radius 2 is 2.04 bits per heavy atom. The lowest BCUT2D eigenvalue weighted by Gasteiger charge is -2.19. The van der Waals surface area contributed by atoms with E-state index in [2.05, 4.69) is 5.32 Å². The normalized spacial score (nSPS) is 24.5. The zero-order chi connectivity index (χ0) is 17.7. The number of imide groups is 1. The Bertz CT molecular complexity index is 886. The maximum absolute atomic E-state index is 12.9. The molecule has 3 amide bonds. The van der Waals surface area contributed by atoms with Crippen LogP contribution in [-0.4, -0.2) is 43.7 Å². The van der Waals surface area contributed by atoms with Crippen molar-refractivity contribution in [1.82, 2.24) is 20.0 Å². The zero-order valence-corrected chi connectivity index (χ0v) is 15.2. The van der Waals surface area contributed by atoms with Crippen LogP contribution in [0.5, 0.6) is 0 Å². The number of carbonyl (C=O) groups excluding carboxylic acids is 2. The Morgan fingerprint density at radius 3 is 2.81 bits per heavy atom. The first-order valence-corrected chi connectivity index (χ1v) is 10.2. The first-order chi connectivity index (χ1) is 12.7. The maximum atomic E-state index is 12.9. The van der Waals surface area contributed by atoms with E-state index in [1.165, 1.54) is 16.2 Å². The molecule has 3 aliphatic rings. The highest BCUT2D eigenvalue weighted by atomic mass is 32.2. The van der Waals surface area contributed by atoms with Gasteiger partial charge in [-0.15, -0.1) is 0 Å². The molecule has 0 radical (unpaired) electrons. The summed E-state index contributed by atoms with van der Waals surface area (Å²) in [6, 6.07) is 9.77. The first-order valence-electron chi connectivity index (χ1n) is 9.05. The van der Waals surface area contributed by atoms with Gasteiger partial charge in [0, 0.05) is 11.4 Å². The van der Waals surface area contributed by atoms with E-state index in [-0.39, 0.29) is 18.5 Å². The third-order valence-electron chi connectivity index (χ3n) is 5.59. The molecule has 1 aliphatic carbocycles. The molecule has 7 heteroatoms. The highest BCUT2D eigenvalue weighted by molar-refractivity contribution is 7.99. The summed E-state index contributed by atoms with van der Waals surface area (Å²) in [6.45, 7) is 0.263. The minimum absolute atomic E-state index is 0.0893. The third-order valence-corrected chi connectivity index (χ3v) is 6.78. The number of urea groups is 1. The minimum atomic E-state index is -0.688. The van der Waals surface area contributed by atoms with Gasteiger partial charge in [-0.25, -0.2) is 9.48 Å². The summed E-state index contributed by atoms with van der Waals surface area (Å²) in [7, 11) is 0. The van der Waals surface area contributed by atoms with Gasteiger partial charge in [-0.2, -0.15) is 16.9 Å². The molecule has 0 bridgehead atoms. The van der Waals surface area contributed by atoms with Gasteiger partial charge < -0.3 is 5.32 Å². The Balaban J connectivity index is 1.48. The van der Waals surface area contributed by atoms with Gasteiger partial charge in [0.25, 0.3) is 5.91 Å². The van der Waals surface area contributed by atoms with Crippen molar-refractivity contribution in [1.29, 1.82) is 0 Å². The van der Waals surface area contributed by atoms with Crippen molar-refractivity contribution in [2.75, 3.05) is 11.5 Å². The van der Waals surface area contributed by atoms with Crippen molar-refractivity contribution in [3.8, 4) is 5.69 Å². The molecule has 1 aromatic carbocycles. The van der Waals surface area contributed by atoms with Gasteiger partial charge in [-0.3, -0.25) is 9.69 Å². The van der Waals surface area contributed by atoms with E-state index < -0.39 is 5.54 Å². The zero-order valence-electron chi connectivity index (χ0n) is 14.4. The third kappa shape index (κ3) is 2.30. The summed E-state index contributed by atoms with van der Waals surface area (Å²) < 4.78 is 1.98.